The third-order valence-corrected chi connectivity index (χ3v) is 4.54. The van der Waals surface area contributed by atoms with Crippen molar-refractivity contribution < 1.29 is 13.9 Å². The molecule has 148 valence electrons. The maximum absolute atomic E-state index is 13.3. The van der Waals surface area contributed by atoms with Crippen LogP contribution < -0.4 is 5.32 Å². The molecule has 0 saturated heterocycles. The Kier molecular flexibility index (Phi) is 6.07. The second-order valence-corrected chi connectivity index (χ2v) is 7.19. The Morgan fingerprint density at radius 3 is 2.48 bits per heavy atom. The number of nitrogens with one attached hydrogen (secondary N) is 1. The van der Waals surface area contributed by atoms with Gasteiger partial charge in [-0.25, -0.2) is 14.2 Å². The molecular weight excluding hydrogens is 367 g/mol. The summed E-state index contributed by atoms with van der Waals surface area (Å²) in [5, 5.41) is 2.90. The molecule has 0 atom stereocenters. The van der Waals surface area contributed by atoms with Crippen molar-refractivity contribution in [3.8, 4) is 11.3 Å². The van der Waals surface area contributed by atoms with Crippen LogP contribution in [0.2, 0.25) is 0 Å². The zero-order chi connectivity index (χ0) is 20.9. The van der Waals surface area contributed by atoms with Crippen LogP contribution in [0.15, 0.2) is 73.3 Å². The van der Waals surface area contributed by atoms with Crippen molar-refractivity contribution in [2.75, 3.05) is 0 Å². The Balaban J connectivity index is 1.79. The molecule has 0 spiro atoms. The summed E-state index contributed by atoms with van der Waals surface area (Å²) < 4.78 is 18.6. The number of nitrogens with zero attached hydrogens (tertiary/aromatic N) is 1. The van der Waals surface area contributed by atoms with Gasteiger partial charge in [-0.1, -0.05) is 36.9 Å². The molecule has 3 rings (SSSR count). The Morgan fingerprint density at radius 2 is 1.83 bits per heavy atom. The van der Waals surface area contributed by atoms with Crippen LogP contribution in [0.1, 0.15) is 30.7 Å². The number of alkyl carbamates (subject to hydrolysis) is 1. The first-order valence-electron chi connectivity index (χ1n) is 9.27. The van der Waals surface area contributed by atoms with Gasteiger partial charge in [0.2, 0.25) is 0 Å². The van der Waals surface area contributed by atoms with Gasteiger partial charge in [0, 0.05) is 5.56 Å². The van der Waals surface area contributed by atoms with E-state index in [4.69, 9.17) is 4.74 Å². The van der Waals surface area contributed by atoms with Gasteiger partial charge >= 0.3 is 6.09 Å². The molecule has 1 heterocycles. The van der Waals surface area contributed by atoms with Crippen molar-refractivity contribution in [2.24, 2.45) is 0 Å². The zero-order valence-electron chi connectivity index (χ0n) is 16.5. The van der Waals surface area contributed by atoms with Crippen molar-refractivity contribution in [2.45, 2.75) is 26.0 Å². The summed E-state index contributed by atoms with van der Waals surface area (Å²) in [6, 6.07) is 19.3. The predicted octanol–water partition coefficient (Wildman–Crippen LogP) is 5.69. The van der Waals surface area contributed by atoms with E-state index < -0.39 is 11.6 Å². The normalized spacial score (nSPS) is 11.0. The highest BCUT2D eigenvalue weighted by atomic mass is 19.1. The molecule has 0 aliphatic heterocycles. The number of aromatic nitrogens is 1. The average molecular weight is 390 g/mol. The Morgan fingerprint density at radius 1 is 1.14 bits per heavy atom. The molecule has 0 fully saturated rings. The highest BCUT2D eigenvalue weighted by Gasteiger charge is 2.25. The Bertz CT molecular complexity index is 999. The van der Waals surface area contributed by atoms with Crippen LogP contribution >= 0.6 is 0 Å². The topological polar surface area (TPSA) is 51.2 Å². The highest BCUT2D eigenvalue weighted by molar-refractivity contribution is 5.69. The molecule has 0 aliphatic carbocycles. The Labute approximate surface area is 170 Å². The average Bonchev–Trinajstić information content (AvgIpc) is 2.73. The first kappa shape index (κ1) is 20.3. The molecular formula is C24H23FN2O2. The second-order valence-electron chi connectivity index (χ2n) is 7.19. The van der Waals surface area contributed by atoms with Gasteiger partial charge in [-0.05, 0) is 67.4 Å². The molecule has 1 N–H and O–H groups in total. The molecule has 0 unspecified atom stereocenters. The lowest BCUT2D eigenvalue weighted by atomic mass is 9.92. The molecule has 3 aromatic rings. The van der Waals surface area contributed by atoms with E-state index in [1.807, 2.05) is 56.3 Å². The fourth-order valence-electron chi connectivity index (χ4n) is 2.87. The molecule has 29 heavy (non-hydrogen) atoms. The first-order chi connectivity index (χ1) is 13.9. The third kappa shape index (κ3) is 5.29. The number of ether oxygens (including phenoxy) is 1. The van der Waals surface area contributed by atoms with Crippen LogP contribution in [0.4, 0.5) is 9.18 Å². The van der Waals surface area contributed by atoms with Crippen molar-refractivity contribution >= 4 is 12.2 Å². The number of pyridine rings is 1. The van der Waals surface area contributed by atoms with Crippen LogP contribution in [0.25, 0.3) is 17.3 Å². The summed E-state index contributed by atoms with van der Waals surface area (Å²) in [6.07, 6.45) is 1.12. The zero-order valence-corrected chi connectivity index (χ0v) is 16.5. The number of hydrogen-bond acceptors (Lipinski definition) is 3. The molecule has 2 aromatic carbocycles. The van der Waals surface area contributed by atoms with Gasteiger partial charge in [0.15, 0.2) is 0 Å². The molecule has 1 aromatic heterocycles. The summed E-state index contributed by atoms with van der Waals surface area (Å²) in [7, 11) is 0. The number of benzene rings is 2. The molecule has 0 saturated carbocycles. The van der Waals surface area contributed by atoms with E-state index >= 15 is 0 Å². The van der Waals surface area contributed by atoms with E-state index in [1.54, 1.807) is 18.2 Å². The highest BCUT2D eigenvalue weighted by Crippen LogP contribution is 2.27. The minimum Gasteiger partial charge on any atom is -0.445 e. The molecule has 4 nitrogen and oxygen atoms in total. The van der Waals surface area contributed by atoms with Gasteiger partial charge in [-0.2, -0.15) is 0 Å². The van der Waals surface area contributed by atoms with Gasteiger partial charge in [0.1, 0.15) is 12.4 Å². The number of rotatable bonds is 6. The lowest BCUT2D eigenvalue weighted by Gasteiger charge is -2.27. The SMILES string of the molecule is C=Cc1cc(C(C)(C)NC(=O)OCc2ccccc2)cc(-c2ccc(F)cc2)n1. The molecule has 0 aliphatic rings. The summed E-state index contributed by atoms with van der Waals surface area (Å²) in [4.78, 5) is 16.9. The first-order valence-corrected chi connectivity index (χ1v) is 9.27. The molecule has 0 bridgehead atoms. The number of amides is 1. The number of halogens is 1. The maximum Gasteiger partial charge on any atom is 0.408 e. The van der Waals surface area contributed by atoms with Crippen LogP contribution in [0.5, 0.6) is 0 Å². The predicted molar refractivity (Wildman–Crippen MR) is 113 cm³/mol. The van der Waals surface area contributed by atoms with Crippen LogP contribution in [-0.2, 0) is 16.9 Å². The summed E-state index contributed by atoms with van der Waals surface area (Å²) in [5.41, 5.74) is 3.14. The van der Waals surface area contributed by atoms with Gasteiger partial charge in [0.25, 0.3) is 0 Å². The van der Waals surface area contributed by atoms with E-state index in [1.165, 1.54) is 12.1 Å². The smallest absolute Gasteiger partial charge is 0.408 e. The maximum atomic E-state index is 13.3. The summed E-state index contributed by atoms with van der Waals surface area (Å²) in [6.45, 7) is 7.75. The van der Waals surface area contributed by atoms with Crippen molar-refractivity contribution in [3.63, 3.8) is 0 Å². The molecule has 1 amide bonds. The monoisotopic (exact) mass is 390 g/mol. The van der Waals surface area contributed by atoms with Crippen LogP contribution in [0, 0.1) is 5.82 Å². The summed E-state index contributed by atoms with van der Waals surface area (Å²) in [5.74, 6) is -0.308. The number of carbonyl (C=O) groups excluding carboxylic acids is 1. The quantitative estimate of drug-likeness (QED) is 0.588. The van der Waals surface area contributed by atoms with E-state index in [2.05, 4.69) is 16.9 Å². The standard InChI is InChI=1S/C24H23FN2O2/c1-4-21-14-19(15-22(26-21)18-10-12-20(25)13-11-18)24(2,3)27-23(28)29-16-17-8-6-5-7-9-17/h4-15H,1,16H2,2-3H3,(H,27,28). The third-order valence-electron chi connectivity index (χ3n) is 4.54. The lowest BCUT2D eigenvalue weighted by Crippen LogP contribution is -2.41. The summed E-state index contributed by atoms with van der Waals surface area (Å²) >= 11 is 0. The van der Waals surface area contributed by atoms with Gasteiger partial charge in [-0.3, -0.25) is 0 Å². The molecule has 5 heteroatoms. The van der Waals surface area contributed by atoms with Gasteiger partial charge in [-0.15, -0.1) is 0 Å². The largest absolute Gasteiger partial charge is 0.445 e. The van der Waals surface area contributed by atoms with E-state index in [9.17, 15) is 9.18 Å². The van der Waals surface area contributed by atoms with Crippen LogP contribution in [0.3, 0.4) is 0 Å². The Hall–Kier alpha value is -3.47. The number of carbonyl (C=O) groups is 1. The van der Waals surface area contributed by atoms with Crippen molar-refractivity contribution in [1.82, 2.24) is 10.3 Å². The second kappa shape index (κ2) is 8.69. The van der Waals surface area contributed by atoms with E-state index in [-0.39, 0.29) is 12.4 Å². The van der Waals surface area contributed by atoms with E-state index in [0.29, 0.717) is 11.4 Å². The van der Waals surface area contributed by atoms with Crippen LogP contribution in [-0.4, -0.2) is 11.1 Å². The number of hydrogen-bond donors (Lipinski definition) is 1. The van der Waals surface area contributed by atoms with Crippen molar-refractivity contribution in [3.05, 3.63) is 95.9 Å². The van der Waals surface area contributed by atoms with Gasteiger partial charge in [0.05, 0.1) is 16.9 Å². The molecule has 0 radical (unpaired) electrons. The van der Waals surface area contributed by atoms with Gasteiger partial charge < -0.3 is 10.1 Å². The lowest BCUT2D eigenvalue weighted by molar-refractivity contribution is 0.129. The van der Waals surface area contributed by atoms with Crippen molar-refractivity contribution in [1.29, 1.82) is 0 Å². The minimum absolute atomic E-state index is 0.192. The fraction of sp³-hybridized carbons (Fsp3) is 0.167. The van der Waals surface area contributed by atoms with E-state index in [0.717, 1.165) is 16.7 Å². The fourth-order valence-corrected chi connectivity index (χ4v) is 2.87. The minimum atomic E-state index is -0.719.